The molecule has 110 valence electrons. The van der Waals surface area contributed by atoms with E-state index in [1.807, 2.05) is 24.3 Å². The summed E-state index contributed by atoms with van der Waals surface area (Å²) in [4.78, 5) is 0. The molecule has 0 heterocycles. The van der Waals surface area contributed by atoms with Crippen LogP contribution in [0.25, 0.3) is 0 Å². The van der Waals surface area contributed by atoms with Crippen molar-refractivity contribution in [2.24, 2.45) is 0 Å². The van der Waals surface area contributed by atoms with Crippen LogP contribution in [0.4, 0.5) is 0 Å². The summed E-state index contributed by atoms with van der Waals surface area (Å²) in [5.41, 5.74) is 3.71. The first-order chi connectivity index (χ1) is 10.8. The van der Waals surface area contributed by atoms with Crippen molar-refractivity contribution >= 4 is 22.6 Å². The van der Waals surface area contributed by atoms with Crippen LogP contribution in [-0.2, 0) is 13.0 Å². The number of hydrogen-bond donors (Lipinski definition) is 0. The first-order valence-corrected chi connectivity index (χ1v) is 8.38. The summed E-state index contributed by atoms with van der Waals surface area (Å²) in [6.07, 6.45) is 0.891. The first-order valence-electron chi connectivity index (χ1n) is 7.30. The van der Waals surface area contributed by atoms with Crippen LogP contribution >= 0.6 is 22.6 Å². The van der Waals surface area contributed by atoms with Gasteiger partial charge in [0, 0.05) is 9.99 Å². The van der Waals surface area contributed by atoms with E-state index in [9.17, 15) is 0 Å². The lowest BCUT2D eigenvalue weighted by Crippen LogP contribution is -2.00. The monoisotopic (exact) mass is 400 g/mol. The van der Waals surface area contributed by atoms with Gasteiger partial charge >= 0.3 is 0 Å². The standard InChI is InChI=1S/C20H17IO/c21-19-12-11-18(13-16-7-3-1-4-8-16)20(14-19)22-15-17-9-5-2-6-10-17/h1-12,14H,13,15H2. The van der Waals surface area contributed by atoms with Crippen molar-refractivity contribution in [1.82, 2.24) is 0 Å². The van der Waals surface area contributed by atoms with Gasteiger partial charge in [-0.15, -0.1) is 0 Å². The van der Waals surface area contributed by atoms with Crippen molar-refractivity contribution in [3.8, 4) is 5.75 Å². The molecule has 0 amide bonds. The Morgan fingerprint density at radius 3 is 2.05 bits per heavy atom. The fourth-order valence-corrected chi connectivity index (χ4v) is 2.82. The van der Waals surface area contributed by atoms with Crippen LogP contribution in [0.1, 0.15) is 16.7 Å². The third kappa shape index (κ3) is 4.10. The minimum absolute atomic E-state index is 0.600. The number of halogens is 1. The first kappa shape index (κ1) is 15.1. The van der Waals surface area contributed by atoms with Crippen LogP contribution in [0.2, 0.25) is 0 Å². The Morgan fingerprint density at radius 2 is 1.36 bits per heavy atom. The zero-order valence-corrected chi connectivity index (χ0v) is 14.4. The van der Waals surface area contributed by atoms with Crippen molar-refractivity contribution < 1.29 is 4.74 Å². The number of rotatable bonds is 5. The summed E-state index contributed by atoms with van der Waals surface area (Å²) in [5.74, 6) is 0.972. The van der Waals surface area contributed by atoms with E-state index in [1.54, 1.807) is 0 Å². The number of benzene rings is 3. The van der Waals surface area contributed by atoms with Gasteiger partial charge in [-0.3, -0.25) is 0 Å². The normalized spacial score (nSPS) is 10.4. The summed E-state index contributed by atoms with van der Waals surface area (Å²) >= 11 is 2.33. The van der Waals surface area contributed by atoms with E-state index < -0.39 is 0 Å². The van der Waals surface area contributed by atoms with Crippen LogP contribution in [0.15, 0.2) is 78.9 Å². The van der Waals surface area contributed by atoms with Gasteiger partial charge < -0.3 is 4.74 Å². The molecule has 0 aliphatic heterocycles. The molecule has 0 aliphatic carbocycles. The zero-order chi connectivity index (χ0) is 15.2. The highest BCUT2D eigenvalue weighted by Crippen LogP contribution is 2.25. The van der Waals surface area contributed by atoms with Gasteiger partial charge in [0.15, 0.2) is 0 Å². The molecule has 0 bridgehead atoms. The predicted octanol–water partition coefficient (Wildman–Crippen LogP) is 5.46. The molecule has 3 rings (SSSR count). The quantitative estimate of drug-likeness (QED) is 0.517. The second kappa shape index (κ2) is 7.45. The molecule has 0 atom stereocenters. The molecule has 0 unspecified atom stereocenters. The molecule has 0 aliphatic rings. The average molecular weight is 400 g/mol. The minimum Gasteiger partial charge on any atom is -0.489 e. The van der Waals surface area contributed by atoms with Crippen LogP contribution in [-0.4, -0.2) is 0 Å². The molecule has 0 N–H and O–H groups in total. The SMILES string of the molecule is Ic1ccc(Cc2ccccc2)c(OCc2ccccc2)c1. The summed E-state index contributed by atoms with van der Waals surface area (Å²) in [6.45, 7) is 0.600. The van der Waals surface area contributed by atoms with Gasteiger partial charge in [0.25, 0.3) is 0 Å². The topological polar surface area (TPSA) is 9.23 Å². The molecule has 2 heteroatoms. The summed E-state index contributed by atoms with van der Waals surface area (Å²) in [5, 5.41) is 0. The molecule has 0 radical (unpaired) electrons. The van der Waals surface area contributed by atoms with Crippen molar-refractivity contribution in [3.63, 3.8) is 0 Å². The lowest BCUT2D eigenvalue weighted by atomic mass is 10.0. The Labute approximate surface area is 145 Å². The molecular weight excluding hydrogens is 383 g/mol. The van der Waals surface area contributed by atoms with Crippen LogP contribution in [0.5, 0.6) is 5.75 Å². The van der Waals surface area contributed by atoms with Crippen molar-refractivity contribution in [1.29, 1.82) is 0 Å². The predicted molar refractivity (Wildman–Crippen MR) is 99.2 cm³/mol. The molecule has 0 spiro atoms. The highest BCUT2D eigenvalue weighted by molar-refractivity contribution is 14.1. The average Bonchev–Trinajstić information content (AvgIpc) is 2.57. The van der Waals surface area contributed by atoms with Crippen LogP contribution in [0.3, 0.4) is 0 Å². The summed E-state index contributed by atoms with van der Waals surface area (Å²) in [6, 6.07) is 27.2. The van der Waals surface area contributed by atoms with Gasteiger partial charge in [0.05, 0.1) is 0 Å². The third-order valence-electron chi connectivity index (χ3n) is 3.50. The van der Waals surface area contributed by atoms with Crippen LogP contribution < -0.4 is 4.74 Å². The van der Waals surface area contributed by atoms with E-state index in [4.69, 9.17) is 4.74 Å². The molecule has 22 heavy (non-hydrogen) atoms. The fraction of sp³-hybridized carbons (Fsp3) is 0.100. The minimum atomic E-state index is 0.600. The smallest absolute Gasteiger partial charge is 0.124 e. The molecular formula is C20H17IO. The van der Waals surface area contributed by atoms with E-state index in [1.165, 1.54) is 20.3 Å². The summed E-state index contributed by atoms with van der Waals surface area (Å²) in [7, 11) is 0. The number of hydrogen-bond acceptors (Lipinski definition) is 1. The maximum atomic E-state index is 6.07. The summed E-state index contributed by atoms with van der Waals surface area (Å²) < 4.78 is 7.26. The van der Waals surface area contributed by atoms with E-state index in [2.05, 4.69) is 77.2 Å². The highest BCUT2D eigenvalue weighted by atomic mass is 127. The van der Waals surface area contributed by atoms with E-state index >= 15 is 0 Å². The fourth-order valence-electron chi connectivity index (χ4n) is 2.36. The Bertz CT molecular complexity index is 723. The van der Waals surface area contributed by atoms with Gasteiger partial charge in [-0.05, 0) is 51.4 Å². The Hall–Kier alpha value is -1.81. The van der Waals surface area contributed by atoms with Crippen molar-refractivity contribution in [2.45, 2.75) is 13.0 Å². The molecule has 0 fully saturated rings. The Morgan fingerprint density at radius 1 is 0.727 bits per heavy atom. The highest BCUT2D eigenvalue weighted by Gasteiger charge is 2.06. The van der Waals surface area contributed by atoms with Gasteiger partial charge in [0.2, 0.25) is 0 Å². The van der Waals surface area contributed by atoms with E-state index in [0.717, 1.165) is 12.2 Å². The van der Waals surface area contributed by atoms with Gasteiger partial charge in [-0.1, -0.05) is 66.7 Å². The zero-order valence-electron chi connectivity index (χ0n) is 12.2. The lowest BCUT2D eigenvalue weighted by Gasteiger charge is -2.12. The Balaban J connectivity index is 1.79. The Kier molecular flexibility index (Phi) is 5.11. The molecule has 3 aromatic rings. The second-order valence-electron chi connectivity index (χ2n) is 5.19. The molecule has 0 aromatic heterocycles. The second-order valence-corrected chi connectivity index (χ2v) is 6.43. The number of ether oxygens (including phenoxy) is 1. The largest absolute Gasteiger partial charge is 0.489 e. The van der Waals surface area contributed by atoms with Crippen LogP contribution in [0, 0.1) is 3.57 Å². The molecule has 3 aromatic carbocycles. The van der Waals surface area contributed by atoms with Crippen molar-refractivity contribution in [2.75, 3.05) is 0 Å². The van der Waals surface area contributed by atoms with E-state index in [0.29, 0.717) is 6.61 Å². The van der Waals surface area contributed by atoms with E-state index in [-0.39, 0.29) is 0 Å². The van der Waals surface area contributed by atoms with Gasteiger partial charge in [0.1, 0.15) is 12.4 Å². The maximum Gasteiger partial charge on any atom is 0.124 e. The maximum absolute atomic E-state index is 6.07. The van der Waals surface area contributed by atoms with Gasteiger partial charge in [-0.25, -0.2) is 0 Å². The molecule has 0 saturated heterocycles. The lowest BCUT2D eigenvalue weighted by molar-refractivity contribution is 0.303. The molecule has 0 saturated carbocycles. The molecule has 1 nitrogen and oxygen atoms in total. The third-order valence-corrected chi connectivity index (χ3v) is 4.17. The van der Waals surface area contributed by atoms with Gasteiger partial charge in [-0.2, -0.15) is 0 Å². The van der Waals surface area contributed by atoms with Crippen molar-refractivity contribution in [3.05, 3.63) is 99.1 Å².